The first kappa shape index (κ1) is 35.5. The van der Waals surface area contributed by atoms with E-state index >= 15 is 0 Å². The van der Waals surface area contributed by atoms with Crippen LogP contribution in [0.1, 0.15) is 54.6 Å². The summed E-state index contributed by atoms with van der Waals surface area (Å²) in [5, 5.41) is 9.96. The smallest absolute Gasteiger partial charge is 0.416 e. The van der Waals surface area contributed by atoms with Gasteiger partial charge in [-0.05, 0) is 79.6 Å². The summed E-state index contributed by atoms with van der Waals surface area (Å²) in [6.45, 7) is 13.4. The maximum Gasteiger partial charge on any atom is 0.416 e. The summed E-state index contributed by atoms with van der Waals surface area (Å²) in [5.41, 5.74) is 0.288. The fourth-order valence-corrected chi connectivity index (χ4v) is 5.24. The first-order chi connectivity index (χ1) is 20.8. The van der Waals surface area contributed by atoms with Crippen LogP contribution >= 0.6 is 27.9 Å². The molecule has 0 unspecified atom stereocenters. The van der Waals surface area contributed by atoms with Gasteiger partial charge in [-0.25, -0.2) is 4.98 Å². The van der Waals surface area contributed by atoms with Crippen molar-refractivity contribution in [1.29, 1.82) is 0 Å². The Morgan fingerprint density at radius 3 is 2.66 bits per heavy atom. The topological polar surface area (TPSA) is 78.5 Å². The van der Waals surface area contributed by atoms with E-state index in [1.165, 1.54) is 18.9 Å². The van der Waals surface area contributed by atoms with Crippen LogP contribution in [0.3, 0.4) is 0 Å². The van der Waals surface area contributed by atoms with Crippen molar-refractivity contribution in [1.82, 2.24) is 15.6 Å². The van der Waals surface area contributed by atoms with Gasteiger partial charge >= 0.3 is 6.18 Å². The van der Waals surface area contributed by atoms with Crippen LogP contribution < -0.4 is 20.3 Å². The van der Waals surface area contributed by atoms with E-state index in [-0.39, 0.29) is 19.1 Å². The zero-order valence-corrected chi connectivity index (χ0v) is 27.7. The summed E-state index contributed by atoms with van der Waals surface area (Å²) in [6, 6.07) is 8.31. The number of nitrogens with one attached hydrogen (secondary N) is 3. The van der Waals surface area contributed by atoms with E-state index in [0.29, 0.717) is 57.1 Å². The fraction of sp³-hybridized carbons (Fsp3) is 0.438. The molecular weight excluding hydrogens is 655 g/mol. The van der Waals surface area contributed by atoms with Gasteiger partial charge in [-0.1, -0.05) is 61.1 Å². The summed E-state index contributed by atoms with van der Waals surface area (Å²) in [7, 11) is 1.92. The van der Waals surface area contributed by atoms with Crippen molar-refractivity contribution in [2.45, 2.75) is 57.1 Å². The van der Waals surface area contributed by atoms with E-state index in [9.17, 15) is 18.0 Å². The summed E-state index contributed by atoms with van der Waals surface area (Å²) >= 11 is 4.90. The molecule has 0 aliphatic heterocycles. The van der Waals surface area contributed by atoms with Crippen molar-refractivity contribution in [3.63, 3.8) is 0 Å². The third kappa shape index (κ3) is 12.6. The number of benzene rings is 1. The molecule has 1 atom stereocenters. The van der Waals surface area contributed by atoms with Crippen molar-refractivity contribution in [2.24, 2.45) is 5.92 Å². The van der Waals surface area contributed by atoms with Crippen LogP contribution in [0.15, 0.2) is 71.9 Å². The van der Waals surface area contributed by atoms with Gasteiger partial charge in [0.1, 0.15) is 24.0 Å². The van der Waals surface area contributed by atoms with Gasteiger partial charge in [0.25, 0.3) is 5.91 Å². The molecule has 1 aromatic carbocycles. The maximum absolute atomic E-state index is 13.6. The molecule has 0 saturated heterocycles. The number of carbonyl (C=O) groups excluding carboxylic acids is 1. The minimum atomic E-state index is -4.40. The zero-order chi connectivity index (χ0) is 32.3. The first-order valence-corrected chi connectivity index (χ1v) is 16.1. The van der Waals surface area contributed by atoms with Gasteiger partial charge in [-0.15, -0.1) is 0 Å². The predicted molar refractivity (Wildman–Crippen MR) is 178 cm³/mol. The van der Waals surface area contributed by atoms with Gasteiger partial charge in [0.15, 0.2) is 0 Å². The first-order valence-electron chi connectivity index (χ1n) is 14.5. The average molecular weight is 697 g/mol. The molecule has 3 rings (SSSR count). The minimum Gasteiger partial charge on any atom is -0.491 e. The molecule has 1 aliphatic carbocycles. The fourth-order valence-electron chi connectivity index (χ4n) is 4.18. The van der Waals surface area contributed by atoms with Crippen LogP contribution in [-0.2, 0) is 17.5 Å². The number of hydrogen-bond acceptors (Lipinski definition) is 7. The largest absolute Gasteiger partial charge is 0.491 e. The van der Waals surface area contributed by atoms with Gasteiger partial charge in [0.2, 0.25) is 0 Å². The lowest BCUT2D eigenvalue weighted by Crippen LogP contribution is -2.40. The molecule has 0 bridgehead atoms. The number of ether oxygens (including phenoxy) is 1. The van der Waals surface area contributed by atoms with Crippen molar-refractivity contribution >= 4 is 45.4 Å². The number of aromatic nitrogens is 1. The van der Waals surface area contributed by atoms with Crippen molar-refractivity contribution in [3.05, 3.63) is 88.6 Å². The van der Waals surface area contributed by atoms with E-state index in [4.69, 9.17) is 9.72 Å². The molecule has 1 saturated carbocycles. The molecule has 1 aromatic heterocycles. The summed E-state index contributed by atoms with van der Waals surface area (Å²) < 4.78 is 47.8. The summed E-state index contributed by atoms with van der Waals surface area (Å²) in [5.74, 6) is 2.13. The quantitative estimate of drug-likeness (QED) is 0.0639. The number of carbonyl (C=O) groups is 1. The molecule has 3 N–H and O–H groups in total. The van der Waals surface area contributed by atoms with Crippen LogP contribution in [0.25, 0.3) is 0 Å². The number of nitrogens with zero attached hydrogens (tertiary/aromatic N) is 2. The molecule has 7 nitrogen and oxygen atoms in total. The van der Waals surface area contributed by atoms with Crippen LogP contribution in [0.2, 0.25) is 0 Å². The molecule has 1 fully saturated rings. The number of pyridine rings is 1. The molecule has 1 aliphatic rings. The van der Waals surface area contributed by atoms with E-state index in [1.54, 1.807) is 42.3 Å². The van der Waals surface area contributed by atoms with Gasteiger partial charge in [0.05, 0.1) is 11.6 Å². The van der Waals surface area contributed by atoms with Crippen LogP contribution in [0.4, 0.5) is 24.8 Å². The van der Waals surface area contributed by atoms with E-state index in [0.717, 1.165) is 18.7 Å². The predicted octanol–water partition coefficient (Wildman–Crippen LogP) is 7.69. The molecule has 12 heteroatoms. The Morgan fingerprint density at radius 2 is 2.02 bits per heavy atom. The molecule has 1 heterocycles. The zero-order valence-electron chi connectivity index (χ0n) is 25.3. The van der Waals surface area contributed by atoms with Crippen molar-refractivity contribution in [2.75, 3.05) is 36.4 Å². The number of rotatable bonds is 18. The number of amides is 1. The van der Waals surface area contributed by atoms with Gasteiger partial charge < -0.3 is 25.0 Å². The lowest BCUT2D eigenvalue weighted by Gasteiger charge is -2.22. The second kappa shape index (κ2) is 16.9. The maximum atomic E-state index is 13.6. The van der Waals surface area contributed by atoms with Crippen molar-refractivity contribution < 1.29 is 22.7 Å². The molecule has 0 radical (unpaired) electrons. The number of halogens is 4. The standard InChI is InChI=1S/C32H41BrF3N5O2S/c1-6-28(14-22(4)33)43-20-27(12-13-37-18-24-8-7-9-26(15-24)32(34,35)36)39-31(42)25-16-29(38-19-23-10-11-23)40-30(17-25)41(5)44-21(2)3/h6-9,14-17,21,23,27,37H,1,4,10-13,18-20H2,2-3,5H3,(H,38,40)(H,39,42)/b28-14+/t27-/m1/s1. The van der Waals surface area contributed by atoms with Crippen molar-refractivity contribution in [3.8, 4) is 0 Å². The SMILES string of the molecule is C=C/C(=C\C(=C)Br)OC[C@@H](CCNCc1cccc(C(F)(F)F)c1)NC(=O)c1cc(NCC2CC2)nc(N(C)SC(C)C)c1. The third-order valence-corrected chi connectivity index (χ3v) is 7.73. The molecule has 2 aromatic rings. The van der Waals surface area contributed by atoms with E-state index in [1.807, 2.05) is 11.4 Å². The Kier molecular flexibility index (Phi) is 13.7. The second-order valence-corrected chi connectivity index (χ2v) is 13.6. The number of alkyl halides is 3. The average Bonchev–Trinajstić information content (AvgIpc) is 3.79. The van der Waals surface area contributed by atoms with Crippen LogP contribution in [0, 0.1) is 5.92 Å². The summed E-state index contributed by atoms with van der Waals surface area (Å²) in [6.07, 6.45) is 1.66. The Balaban J connectivity index is 1.73. The highest BCUT2D eigenvalue weighted by atomic mass is 79.9. The molecule has 0 spiro atoms. The number of hydrogen-bond donors (Lipinski definition) is 3. The Bertz CT molecular complexity index is 1320. The van der Waals surface area contributed by atoms with E-state index < -0.39 is 17.8 Å². The number of allylic oxidation sites excluding steroid dienone is 3. The van der Waals surface area contributed by atoms with Crippen LogP contribution in [-0.4, -0.2) is 48.9 Å². The van der Waals surface area contributed by atoms with Gasteiger partial charge in [0, 0.05) is 35.4 Å². The third-order valence-electron chi connectivity index (χ3n) is 6.57. The Hall–Kier alpha value is -2.96. The second-order valence-electron chi connectivity index (χ2n) is 10.9. The Labute approximate surface area is 271 Å². The lowest BCUT2D eigenvalue weighted by atomic mass is 10.1. The summed E-state index contributed by atoms with van der Waals surface area (Å²) in [4.78, 5) is 18.3. The highest BCUT2D eigenvalue weighted by Gasteiger charge is 2.30. The molecule has 240 valence electrons. The molecule has 44 heavy (non-hydrogen) atoms. The monoisotopic (exact) mass is 695 g/mol. The highest BCUT2D eigenvalue weighted by molar-refractivity contribution is 9.11. The molecule has 1 amide bonds. The van der Waals surface area contributed by atoms with Gasteiger partial charge in [-0.3, -0.25) is 4.79 Å². The number of anilines is 2. The lowest BCUT2D eigenvalue weighted by molar-refractivity contribution is -0.137. The van der Waals surface area contributed by atoms with Crippen LogP contribution in [0.5, 0.6) is 0 Å². The highest BCUT2D eigenvalue weighted by Crippen LogP contribution is 2.31. The molecular formula is C32H41BrF3N5O2S. The van der Waals surface area contributed by atoms with E-state index in [2.05, 4.69) is 58.9 Å². The minimum absolute atomic E-state index is 0.142. The Morgan fingerprint density at radius 1 is 1.27 bits per heavy atom. The normalized spacial score (nSPS) is 14.2. The van der Waals surface area contributed by atoms with Gasteiger partial charge in [-0.2, -0.15) is 13.2 Å².